The second kappa shape index (κ2) is 9.30. The summed E-state index contributed by atoms with van der Waals surface area (Å²) in [7, 11) is 0. The SMILES string of the molecule is CC1(CNC(=O)Nc2cccnc2)CC(COc2ccccc2-c2ccccc2)=NO1. The van der Waals surface area contributed by atoms with Gasteiger partial charge in [0.15, 0.2) is 5.60 Å². The monoisotopic (exact) mass is 416 g/mol. The van der Waals surface area contributed by atoms with Crippen LogP contribution < -0.4 is 15.4 Å². The highest BCUT2D eigenvalue weighted by Gasteiger charge is 2.35. The number of pyridine rings is 1. The van der Waals surface area contributed by atoms with Crippen LogP contribution in [0.15, 0.2) is 84.3 Å². The molecule has 0 fully saturated rings. The van der Waals surface area contributed by atoms with Crippen LogP contribution in [-0.2, 0) is 4.84 Å². The van der Waals surface area contributed by atoms with Crippen molar-refractivity contribution in [3.63, 3.8) is 0 Å². The predicted octanol–water partition coefficient (Wildman–Crippen LogP) is 4.48. The Morgan fingerprint density at radius 1 is 1.10 bits per heavy atom. The number of nitrogens with zero attached hydrogens (tertiary/aromatic N) is 2. The van der Waals surface area contributed by atoms with Crippen LogP contribution in [0.3, 0.4) is 0 Å². The van der Waals surface area contributed by atoms with E-state index in [1.807, 2.05) is 49.4 Å². The number of urea groups is 1. The summed E-state index contributed by atoms with van der Waals surface area (Å²) >= 11 is 0. The van der Waals surface area contributed by atoms with E-state index in [2.05, 4.69) is 32.9 Å². The maximum atomic E-state index is 12.1. The average molecular weight is 416 g/mol. The van der Waals surface area contributed by atoms with Crippen molar-refractivity contribution in [2.24, 2.45) is 5.16 Å². The van der Waals surface area contributed by atoms with E-state index in [0.717, 1.165) is 22.6 Å². The van der Waals surface area contributed by atoms with E-state index in [9.17, 15) is 4.79 Å². The van der Waals surface area contributed by atoms with E-state index in [-0.39, 0.29) is 6.03 Å². The minimum atomic E-state index is -0.621. The Hall–Kier alpha value is -3.87. The lowest BCUT2D eigenvalue weighted by molar-refractivity contribution is -0.0000989. The lowest BCUT2D eigenvalue weighted by Gasteiger charge is -2.22. The number of aromatic nitrogens is 1. The van der Waals surface area contributed by atoms with Crippen LogP contribution in [0.4, 0.5) is 10.5 Å². The highest BCUT2D eigenvalue weighted by molar-refractivity contribution is 5.90. The Morgan fingerprint density at radius 2 is 1.90 bits per heavy atom. The van der Waals surface area contributed by atoms with E-state index >= 15 is 0 Å². The number of hydrogen-bond donors (Lipinski definition) is 2. The molecule has 2 heterocycles. The lowest BCUT2D eigenvalue weighted by Crippen LogP contribution is -2.42. The van der Waals surface area contributed by atoms with Gasteiger partial charge in [-0.05, 0) is 30.7 Å². The number of benzene rings is 2. The molecule has 7 heteroatoms. The van der Waals surface area contributed by atoms with E-state index in [1.165, 1.54) is 0 Å². The highest BCUT2D eigenvalue weighted by Crippen LogP contribution is 2.30. The molecule has 158 valence electrons. The molecule has 0 spiro atoms. The molecule has 2 aromatic carbocycles. The molecule has 0 aliphatic carbocycles. The van der Waals surface area contributed by atoms with Gasteiger partial charge in [-0.15, -0.1) is 0 Å². The predicted molar refractivity (Wildman–Crippen MR) is 120 cm³/mol. The zero-order chi connectivity index (χ0) is 21.5. The zero-order valence-corrected chi connectivity index (χ0v) is 17.2. The first-order chi connectivity index (χ1) is 15.1. The summed E-state index contributed by atoms with van der Waals surface area (Å²) < 4.78 is 6.06. The number of rotatable bonds is 7. The average Bonchev–Trinajstić information content (AvgIpc) is 3.19. The van der Waals surface area contributed by atoms with Crippen molar-refractivity contribution < 1.29 is 14.4 Å². The smallest absolute Gasteiger partial charge is 0.319 e. The summed E-state index contributed by atoms with van der Waals surface area (Å²) in [6.45, 7) is 2.54. The number of anilines is 1. The van der Waals surface area contributed by atoms with Crippen molar-refractivity contribution in [2.45, 2.75) is 18.9 Å². The van der Waals surface area contributed by atoms with Gasteiger partial charge in [-0.1, -0.05) is 53.7 Å². The lowest BCUT2D eigenvalue weighted by atomic mass is 10.00. The van der Waals surface area contributed by atoms with Crippen LogP contribution in [0, 0.1) is 0 Å². The summed E-state index contributed by atoms with van der Waals surface area (Å²) in [4.78, 5) is 21.7. The van der Waals surface area contributed by atoms with Gasteiger partial charge in [-0.3, -0.25) is 4.98 Å². The first kappa shape index (κ1) is 20.4. The van der Waals surface area contributed by atoms with Crippen LogP contribution in [0.1, 0.15) is 13.3 Å². The van der Waals surface area contributed by atoms with Crippen molar-refractivity contribution in [2.75, 3.05) is 18.5 Å². The molecule has 1 unspecified atom stereocenters. The topological polar surface area (TPSA) is 84.8 Å². The van der Waals surface area contributed by atoms with Crippen molar-refractivity contribution in [1.82, 2.24) is 10.3 Å². The molecule has 1 aliphatic heterocycles. The van der Waals surface area contributed by atoms with Crippen LogP contribution >= 0.6 is 0 Å². The van der Waals surface area contributed by atoms with Crippen molar-refractivity contribution in [1.29, 1.82) is 0 Å². The van der Waals surface area contributed by atoms with Gasteiger partial charge in [-0.25, -0.2) is 4.79 Å². The van der Waals surface area contributed by atoms with Crippen LogP contribution in [0.2, 0.25) is 0 Å². The Morgan fingerprint density at radius 3 is 2.71 bits per heavy atom. The number of oxime groups is 1. The fraction of sp³-hybridized carbons (Fsp3) is 0.208. The third-order valence-electron chi connectivity index (χ3n) is 4.88. The van der Waals surface area contributed by atoms with Crippen molar-refractivity contribution in [3.05, 3.63) is 79.1 Å². The minimum Gasteiger partial charge on any atom is -0.487 e. The molecular formula is C24H24N4O3. The van der Waals surface area contributed by atoms with E-state index in [1.54, 1.807) is 24.5 Å². The molecular weight excluding hydrogens is 392 g/mol. The molecule has 2 N–H and O–H groups in total. The Bertz CT molecular complexity index is 1060. The first-order valence-electron chi connectivity index (χ1n) is 10.1. The fourth-order valence-corrected chi connectivity index (χ4v) is 3.33. The summed E-state index contributed by atoms with van der Waals surface area (Å²) in [6, 6.07) is 21.2. The molecule has 2 amide bonds. The second-order valence-electron chi connectivity index (χ2n) is 7.58. The number of para-hydroxylation sites is 1. The molecule has 1 atom stereocenters. The molecule has 0 saturated heterocycles. The number of carbonyl (C=O) groups excluding carboxylic acids is 1. The molecule has 1 aromatic heterocycles. The van der Waals surface area contributed by atoms with Crippen LogP contribution in [-0.4, -0.2) is 35.5 Å². The molecule has 0 saturated carbocycles. The molecule has 0 bridgehead atoms. The quantitative estimate of drug-likeness (QED) is 0.595. The van der Waals surface area contributed by atoms with Gasteiger partial charge in [-0.2, -0.15) is 0 Å². The molecule has 7 nitrogen and oxygen atoms in total. The number of ether oxygens (including phenoxy) is 1. The molecule has 1 aliphatic rings. The summed E-state index contributed by atoms with van der Waals surface area (Å²) in [5.74, 6) is 0.791. The van der Waals surface area contributed by atoms with Gasteiger partial charge < -0.3 is 20.2 Å². The Kier molecular flexibility index (Phi) is 6.12. The van der Waals surface area contributed by atoms with Crippen molar-refractivity contribution >= 4 is 17.4 Å². The van der Waals surface area contributed by atoms with E-state index in [0.29, 0.717) is 25.3 Å². The number of hydrogen-bond acceptors (Lipinski definition) is 5. The Labute approximate surface area is 181 Å². The van der Waals surface area contributed by atoms with Gasteiger partial charge in [0.25, 0.3) is 0 Å². The number of carbonyl (C=O) groups is 1. The normalized spacial score (nSPS) is 17.4. The van der Waals surface area contributed by atoms with Gasteiger partial charge in [0.05, 0.1) is 24.1 Å². The third-order valence-corrected chi connectivity index (χ3v) is 4.88. The van der Waals surface area contributed by atoms with Gasteiger partial charge in [0, 0.05) is 18.2 Å². The standard InChI is InChI=1S/C24H24N4O3/c1-24(17-26-23(29)27-19-10-7-13-25-15-19)14-20(28-31-24)16-30-22-12-6-5-11-21(22)18-8-3-2-4-9-18/h2-13,15H,14,16-17H2,1H3,(H2,26,27,29). The third kappa shape index (κ3) is 5.39. The van der Waals surface area contributed by atoms with Gasteiger partial charge in [0.1, 0.15) is 12.4 Å². The van der Waals surface area contributed by atoms with E-state index in [4.69, 9.17) is 9.57 Å². The molecule has 31 heavy (non-hydrogen) atoms. The van der Waals surface area contributed by atoms with Gasteiger partial charge >= 0.3 is 6.03 Å². The number of nitrogens with one attached hydrogen (secondary N) is 2. The summed E-state index contributed by atoms with van der Waals surface area (Å²) in [5.41, 5.74) is 2.92. The van der Waals surface area contributed by atoms with Crippen LogP contribution in [0.5, 0.6) is 5.75 Å². The second-order valence-corrected chi connectivity index (χ2v) is 7.58. The maximum Gasteiger partial charge on any atom is 0.319 e. The number of amides is 2. The summed E-state index contributed by atoms with van der Waals surface area (Å²) in [5, 5.41) is 9.73. The minimum absolute atomic E-state index is 0.312. The van der Waals surface area contributed by atoms with Crippen molar-refractivity contribution in [3.8, 4) is 16.9 Å². The van der Waals surface area contributed by atoms with Gasteiger partial charge in [0.2, 0.25) is 0 Å². The largest absolute Gasteiger partial charge is 0.487 e. The van der Waals surface area contributed by atoms with Crippen LogP contribution in [0.25, 0.3) is 11.1 Å². The molecule has 4 rings (SSSR count). The Balaban J connectivity index is 1.29. The highest BCUT2D eigenvalue weighted by atomic mass is 16.7. The molecule has 0 radical (unpaired) electrons. The first-order valence-corrected chi connectivity index (χ1v) is 10.1. The van der Waals surface area contributed by atoms with E-state index < -0.39 is 5.60 Å². The fourth-order valence-electron chi connectivity index (χ4n) is 3.33. The maximum absolute atomic E-state index is 12.1. The zero-order valence-electron chi connectivity index (χ0n) is 17.2. The summed E-state index contributed by atoms with van der Waals surface area (Å²) in [6.07, 6.45) is 3.79. The molecule has 3 aromatic rings.